The lowest BCUT2D eigenvalue weighted by molar-refractivity contribution is -0.0810. The number of rotatable bonds is 4. The summed E-state index contributed by atoms with van der Waals surface area (Å²) in [7, 11) is 3.94. The number of carbonyl (C=O) groups is 1. The predicted octanol–water partition coefficient (Wildman–Crippen LogP) is 3.12. The van der Waals surface area contributed by atoms with Gasteiger partial charge in [0.1, 0.15) is 5.60 Å². The summed E-state index contributed by atoms with van der Waals surface area (Å²) in [6.07, 6.45) is 8.16. The number of benzene rings is 1. The van der Waals surface area contributed by atoms with Crippen LogP contribution in [0.25, 0.3) is 0 Å². The molecule has 6 nitrogen and oxygen atoms in total. The predicted molar refractivity (Wildman–Crippen MR) is 113 cm³/mol. The van der Waals surface area contributed by atoms with Crippen LogP contribution in [-0.2, 0) is 5.60 Å². The molecule has 0 bridgehead atoms. The number of hydrogen-bond donors (Lipinski definition) is 2. The van der Waals surface area contributed by atoms with E-state index >= 15 is 0 Å². The summed E-state index contributed by atoms with van der Waals surface area (Å²) in [5.74, 6) is 0.433. The highest BCUT2D eigenvalue weighted by Gasteiger charge is 2.45. The van der Waals surface area contributed by atoms with Crippen LogP contribution in [0.3, 0.4) is 0 Å². The maximum Gasteiger partial charge on any atom is 0.257 e. The SMILES string of the molecule is CN(C)[C@@H]1CN(C(=O)c2cn[nH]c2C2CCCCC2)CC[C@]1(O)c1ccccc1. The summed E-state index contributed by atoms with van der Waals surface area (Å²) in [5, 5.41) is 18.9. The minimum Gasteiger partial charge on any atom is -0.383 e. The summed E-state index contributed by atoms with van der Waals surface area (Å²) < 4.78 is 0. The van der Waals surface area contributed by atoms with Crippen molar-refractivity contribution >= 4 is 5.91 Å². The van der Waals surface area contributed by atoms with Gasteiger partial charge in [-0.2, -0.15) is 5.10 Å². The molecule has 2 heterocycles. The third kappa shape index (κ3) is 3.83. The van der Waals surface area contributed by atoms with Crippen LogP contribution in [0.1, 0.15) is 66.1 Å². The highest BCUT2D eigenvalue weighted by atomic mass is 16.3. The molecule has 2 atom stereocenters. The van der Waals surface area contributed by atoms with E-state index in [0.717, 1.165) is 24.1 Å². The van der Waals surface area contributed by atoms with E-state index < -0.39 is 5.60 Å². The highest BCUT2D eigenvalue weighted by Crippen LogP contribution is 2.37. The zero-order valence-electron chi connectivity index (χ0n) is 17.5. The number of likely N-dealkylation sites (N-methyl/N-ethyl adjacent to an activating group) is 1. The van der Waals surface area contributed by atoms with Crippen LogP contribution >= 0.6 is 0 Å². The highest BCUT2D eigenvalue weighted by molar-refractivity contribution is 5.95. The van der Waals surface area contributed by atoms with Crippen molar-refractivity contribution < 1.29 is 9.90 Å². The van der Waals surface area contributed by atoms with E-state index in [-0.39, 0.29) is 11.9 Å². The first-order valence-corrected chi connectivity index (χ1v) is 10.8. The fraction of sp³-hybridized carbons (Fsp3) is 0.565. The lowest BCUT2D eigenvalue weighted by Gasteiger charge is -2.47. The van der Waals surface area contributed by atoms with Crippen LogP contribution in [-0.4, -0.2) is 64.2 Å². The van der Waals surface area contributed by atoms with Gasteiger partial charge in [0.15, 0.2) is 0 Å². The second-order valence-electron chi connectivity index (χ2n) is 8.80. The van der Waals surface area contributed by atoms with Gasteiger partial charge in [0.25, 0.3) is 5.91 Å². The second-order valence-corrected chi connectivity index (χ2v) is 8.80. The molecule has 1 saturated carbocycles. The quantitative estimate of drug-likeness (QED) is 0.833. The molecule has 1 saturated heterocycles. The number of carbonyl (C=O) groups excluding carboxylic acids is 1. The van der Waals surface area contributed by atoms with Gasteiger partial charge in [0, 0.05) is 19.0 Å². The van der Waals surface area contributed by atoms with Gasteiger partial charge in [-0.25, -0.2) is 0 Å². The maximum absolute atomic E-state index is 13.4. The van der Waals surface area contributed by atoms with Crippen molar-refractivity contribution in [3.05, 3.63) is 53.3 Å². The number of piperidine rings is 1. The second kappa shape index (κ2) is 8.28. The molecular weight excluding hydrogens is 364 g/mol. The first-order valence-electron chi connectivity index (χ1n) is 10.8. The van der Waals surface area contributed by atoms with Crippen LogP contribution in [0.5, 0.6) is 0 Å². The number of H-pyrrole nitrogens is 1. The minimum absolute atomic E-state index is 0.0290. The molecule has 0 unspecified atom stereocenters. The summed E-state index contributed by atoms with van der Waals surface area (Å²) in [6, 6.07) is 9.66. The molecular formula is C23H32N4O2. The molecule has 1 aromatic heterocycles. The van der Waals surface area contributed by atoms with Gasteiger partial charge in [-0.1, -0.05) is 49.6 Å². The standard InChI is InChI=1S/C23H32N4O2/c1-26(2)20-16-27(14-13-23(20,29)18-11-7-4-8-12-18)22(28)19-15-24-25-21(19)17-9-5-3-6-10-17/h4,7-8,11-12,15,17,20,29H,3,5-6,9-10,13-14,16H2,1-2H3,(H,24,25)/t20-,23+/m1/s1. The Hall–Kier alpha value is -2.18. The van der Waals surface area contributed by atoms with E-state index in [9.17, 15) is 9.90 Å². The van der Waals surface area contributed by atoms with Gasteiger partial charge in [0.05, 0.1) is 23.5 Å². The Morgan fingerprint density at radius 2 is 1.93 bits per heavy atom. The van der Waals surface area contributed by atoms with Gasteiger partial charge in [-0.05, 0) is 38.9 Å². The zero-order valence-corrected chi connectivity index (χ0v) is 17.5. The summed E-state index contributed by atoms with van der Waals surface area (Å²) in [4.78, 5) is 17.3. The monoisotopic (exact) mass is 396 g/mol. The molecule has 2 fully saturated rings. The molecule has 4 rings (SSSR count). The number of aliphatic hydroxyl groups is 1. The third-order valence-electron chi connectivity index (χ3n) is 6.80. The zero-order chi connectivity index (χ0) is 20.4. The van der Waals surface area contributed by atoms with Crippen LogP contribution in [0.15, 0.2) is 36.5 Å². The Bertz CT molecular complexity index is 828. The molecule has 2 aromatic rings. The smallest absolute Gasteiger partial charge is 0.257 e. The van der Waals surface area contributed by atoms with E-state index in [1.54, 1.807) is 6.20 Å². The maximum atomic E-state index is 13.4. The van der Waals surface area contributed by atoms with Crippen molar-refractivity contribution in [2.75, 3.05) is 27.2 Å². The van der Waals surface area contributed by atoms with E-state index in [4.69, 9.17) is 0 Å². The fourth-order valence-corrected chi connectivity index (χ4v) is 5.10. The van der Waals surface area contributed by atoms with Gasteiger partial charge in [-0.3, -0.25) is 9.89 Å². The number of amides is 1. The number of aromatic amines is 1. The summed E-state index contributed by atoms with van der Waals surface area (Å²) >= 11 is 0. The number of nitrogens with one attached hydrogen (secondary N) is 1. The number of likely N-dealkylation sites (tertiary alicyclic amines) is 1. The van der Waals surface area contributed by atoms with Crippen molar-refractivity contribution in [3.8, 4) is 0 Å². The lowest BCUT2D eigenvalue weighted by Crippen LogP contribution is -2.60. The molecule has 6 heteroatoms. The van der Waals surface area contributed by atoms with Crippen LogP contribution in [0, 0.1) is 0 Å². The Kier molecular flexibility index (Phi) is 5.74. The van der Waals surface area contributed by atoms with E-state index in [2.05, 4.69) is 10.2 Å². The van der Waals surface area contributed by atoms with Crippen molar-refractivity contribution in [2.24, 2.45) is 0 Å². The van der Waals surface area contributed by atoms with Crippen LogP contribution in [0.2, 0.25) is 0 Å². The fourth-order valence-electron chi connectivity index (χ4n) is 5.10. The minimum atomic E-state index is -0.968. The van der Waals surface area contributed by atoms with Gasteiger partial charge < -0.3 is 14.9 Å². The van der Waals surface area contributed by atoms with E-state index in [1.165, 1.54) is 19.3 Å². The Balaban J connectivity index is 1.56. The Labute approximate surface area is 172 Å². The van der Waals surface area contributed by atoms with Crippen LogP contribution in [0.4, 0.5) is 0 Å². The molecule has 1 aliphatic heterocycles. The van der Waals surface area contributed by atoms with E-state index in [0.29, 0.717) is 31.0 Å². The molecule has 0 spiro atoms. The molecule has 2 aliphatic rings. The van der Waals surface area contributed by atoms with Crippen molar-refractivity contribution in [3.63, 3.8) is 0 Å². The molecule has 1 aromatic carbocycles. The first kappa shape index (κ1) is 20.1. The molecule has 29 heavy (non-hydrogen) atoms. The molecule has 2 N–H and O–H groups in total. The number of hydrogen-bond acceptors (Lipinski definition) is 4. The molecule has 1 amide bonds. The largest absolute Gasteiger partial charge is 0.383 e. The number of aromatic nitrogens is 2. The average Bonchev–Trinajstić information content (AvgIpc) is 3.24. The normalized spacial score (nSPS) is 26.1. The van der Waals surface area contributed by atoms with Crippen molar-refractivity contribution in [1.82, 2.24) is 20.0 Å². The van der Waals surface area contributed by atoms with Crippen molar-refractivity contribution in [2.45, 2.75) is 56.1 Å². The Morgan fingerprint density at radius 1 is 1.21 bits per heavy atom. The third-order valence-corrected chi connectivity index (χ3v) is 6.80. The first-order chi connectivity index (χ1) is 14.0. The van der Waals surface area contributed by atoms with Crippen molar-refractivity contribution in [1.29, 1.82) is 0 Å². The topological polar surface area (TPSA) is 72.5 Å². The summed E-state index contributed by atoms with van der Waals surface area (Å²) in [5.41, 5.74) is 1.65. The van der Waals surface area contributed by atoms with Gasteiger partial charge >= 0.3 is 0 Å². The number of nitrogens with zero attached hydrogens (tertiary/aromatic N) is 3. The van der Waals surface area contributed by atoms with Gasteiger partial charge in [-0.15, -0.1) is 0 Å². The Morgan fingerprint density at radius 3 is 2.62 bits per heavy atom. The van der Waals surface area contributed by atoms with E-state index in [1.807, 2.05) is 54.2 Å². The van der Waals surface area contributed by atoms with Gasteiger partial charge in [0.2, 0.25) is 0 Å². The molecule has 156 valence electrons. The van der Waals surface area contributed by atoms with Crippen LogP contribution < -0.4 is 0 Å². The average molecular weight is 397 g/mol. The lowest BCUT2D eigenvalue weighted by atomic mass is 9.79. The molecule has 1 aliphatic carbocycles. The molecule has 0 radical (unpaired) electrons. The summed E-state index contributed by atoms with van der Waals surface area (Å²) in [6.45, 7) is 1.02.